The fraction of sp³-hybridized carbons (Fsp3) is 0.647. The van der Waals surface area contributed by atoms with E-state index in [4.69, 9.17) is 0 Å². The van der Waals surface area contributed by atoms with Gasteiger partial charge in [0.2, 0.25) is 0 Å². The molecule has 2 heterocycles. The molecule has 0 N–H and O–H groups in total. The van der Waals surface area contributed by atoms with Gasteiger partial charge in [0.1, 0.15) is 0 Å². The Morgan fingerprint density at radius 2 is 1.43 bits per heavy atom. The second-order valence-corrected chi connectivity index (χ2v) is 6.43. The second kappa shape index (κ2) is 7.09. The highest BCUT2D eigenvalue weighted by molar-refractivity contribution is 5.49. The Kier molecular flexibility index (Phi) is 5.11. The minimum absolute atomic E-state index is 0.563. The van der Waals surface area contributed by atoms with E-state index >= 15 is 0 Å². The Hall–Kier alpha value is -1.27. The van der Waals surface area contributed by atoms with E-state index in [1.165, 1.54) is 38.1 Å². The predicted molar refractivity (Wildman–Crippen MR) is 85.8 cm³/mol. The van der Waals surface area contributed by atoms with Crippen molar-refractivity contribution in [1.82, 2.24) is 9.80 Å². The monoisotopic (exact) mass is 327 g/mol. The number of nitrogens with zero attached hydrogens (tertiary/aromatic N) is 3. The van der Waals surface area contributed by atoms with Gasteiger partial charge in [0.15, 0.2) is 0 Å². The van der Waals surface area contributed by atoms with Crippen LogP contribution in [0, 0.1) is 0 Å². The molecule has 6 heteroatoms. The molecule has 0 aromatic heterocycles. The zero-order valence-corrected chi connectivity index (χ0v) is 13.4. The van der Waals surface area contributed by atoms with E-state index in [1.807, 2.05) is 0 Å². The van der Waals surface area contributed by atoms with E-state index < -0.39 is 11.7 Å². The third-order valence-electron chi connectivity index (χ3n) is 4.84. The maximum atomic E-state index is 12.8. The molecular formula is C17H24F3N3. The van der Waals surface area contributed by atoms with Crippen molar-refractivity contribution in [2.75, 3.05) is 57.3 Å². The van der Waals surface area contributed by atoms with Gasteiger partial charge in [0.25, 0.3) is 0 Å². The van der Waals surface area contributed by atoms with Crippen LogP contribution in [0.4, 0.5) is 18.9 Å². The first kappa shape index (κ1) is 16.6. The summed E-state index contributed by atoms with van der Waals surface area (Å²) in [6.07, 6.45) is -1.65. The van der Waals surface area contributed by atoms with Crippen molar-refractivity contribution >= 4 is 5.69 Å². The van der Waals surface area contributed by atoms with Gasteiger partial charge in [-0.15, -0.1) is 0 Å². The van der Waals surface area contributed by atoms with E-state index in [0.29, 0.717) is 5.69 Å². The van der Waals surface area contributed by atoms with E-state index in [9.17, 15) is 13.2 Å². The van der Waals surface area contributed by atoms with Gasteiger partial charge in [-0.2, -0.15) is 13.2 Å². The minimum Gasteiger partial charge on any atom is -0.369 e. The molecule has 128 valence electrons. The number of halogens is 3. The van der Waals surface area contributed by atoms with Gasteiger partial charge < -0.3 is 9.80 Å². The van der Waals surface area contributed by atoms with Gasteiger partial charge in [-0.25, -0.2) is 0 Å². The lowest BCUT2D eigenvalue weighted by molar-refractivity contribution is -0.137. The van der Waals surface area contributed by atoms with Crippen molar-refractivity contribution in [3.8, 4) is 0 Å². The summed E-state index contributed by atoms with van der Waals surface area (Å²) in [5.74, 6) is 0. The fourth-order valence-corrected chi connectivity index (χ4v) is 3.40. The molecule has 23 heavy (non-hydrogen) atoms. The molecule has 0 atom stereocenters. The van der Waals surface area contributed by atoms with Crippen LogP contribution in [-0.4, -0.2) is 62.2 Å². The van der Waals surface area contributed by atoms with Crippen LogP contribution in [0.1, 0.15) is 18.4 Å². The highest BCUT2D eigenvalue weighted by atomic mass is 19.4. The van der Waals surface area contributed by atoms with Crippen molar-refractivity contribution in [3.63, 3.8) is 0 Å². The van der Waals surface area contributed by atoms with Crippen LogP contribution in [0.15, 0.2) is 24.3 Å². The van der Waals surface area contributed by atoms with Gasteiger partial charge >= 0.3 is 6.18 Å². The lowest BCUT2D eigenvalue weighted by Crippen LogP contribution is -2.48. The van der Waals surface area contributed by atoms with Crippen molar-refractivity contribution < 1.29 is 13.2 Å². The van der Waals surface area contributed by atoms with Crippen LogP contribution < -0.4 is 4.90 Å². The summed E-state index contributed by atoms with van der Waals surface area (Å²) in [7, 11) is 0. The number of likely N-dealkylation sites (tertiary alicyclic amines) is 1. The number of anilines is 1. The Labute approximate surface area is 135 Å². The van der Waals surface area contributed by atoms with Gasteiger partial charge in [-0.1, -0.05) is 6.07 Å². The molecule has 0 saturated carbocycles. The first-order valence-electron chi connectivity index (χ1n) is 8.39. The molecule has 0 radical (unpaired) electrons. The largest absolute Gasteiger partial charge is 0.416 e. The summed E-state index contributed by atoms with van der Waals surface area (Å²) < 4.78 is 38.4. The standard InChI is InChI=1S/C17H24F3N3/c18-17(19,20)15-4-3-5-16(14-15)23-12-10-22(11-13-23)9-8-21-6-1-2-7-21/h3-5,14H,1-2,6-13H2. The van der Waals surface area contributed by atoms with E-state index in [-0.39, 0.29) is 0 Å². The fourth-order valence-electron chi connectivity index (χ4n) is 3.40. The van der Waals surface area contributed by atoms with Crippen LogP contribution in [0.3, 0.4) is 0 Å². The molecule has 0 spiro atoms. The van der Waals surface area contributed by atoms with Crippen LogP contribution in [0.25, 0.3) is 0 Å². The van der Waals surface area contributed by atoms with Gasteiger partial charge in [-0.05, 0) is 44.1 Å². The van der Waals surface area contributed by atoms with Crippen LogP contribution in [-0.2, 0) is 6.18 Å². The average Bonchev–Trinajstić information content (AvgIpc) is 3.06. The second-order valence-electron chi connectivity index (χ2n) is 6.43. The Morgan fingerprint density at radius 3 is 2.04 bits per heavy atom. The highest BCUT2D eigenvalue weighted by Crippen LogP contribution is 2.31. The van der Waals surface area contributed by atoms with Crippen molar-refractivity contribution in [3.05, 3.63) is 29.8 Å². The summed E-state index contributed by atoms with van der Waals surface area (Å²) >= 11 is 0. The molecule has 0 aliphatic carbocycles. The quantitative estimate of drug-likeness (QED) is 0.842. The lowest BCUT2D eigenvalue weighted by Gasteiger charge is -2.37. The minimum atomic E-state index is -4.27. The molecule has 0 amide bonds. The molecule has 2 fully saturated rings. The molecular weight excluding hydrogens is 303 g/mol. The van der Waals surface area contributed by atoms with E-state index in [0.717, 1.165) is 45.3 Å². The number of piperazine rings is 1. The number of benzene rings is 1. The third-order valence-corrected chi connectivity index (χ3v) is 4.84. The summed E-state index contributed by atoms with van der Waals surface area (Å²) in [4.78, 5) is 6.98. The molecule has 2 saturated heterocycles. The predicted octanol–water partition coefficient (Wildman–Crippen LogP) is 2.92. The lowest BCUT2D eigenvalue weighted by atomic mass is 10.1. The zero-order valence-electron chi connectivity index (χ0n) is 13.4. The molecule has 3 nitrogen and oxygen atoms in total. The van der Waals surface area contributed by atoms with Crippen LogP contribution in [0.2, 0.25) is 0 Å². The van der Waals surface area contributed by atoms with Gasteiger partial charge in [0, 0.05) is 45.0 Å². The number of hydrogen-bond acceptors (Lipinski definition) is 3. The Morgan fingerprint density at radius 1 is 0.826 bits per heavy atom. The maximum Gasteiger partial charge on any atom is 0.416 e. The smallest absolute Gasteiger partial charge is 0.369 e. The van der Waals surface area contributed by atoms with Gasteiger partial charge in [-0.3, -0.25) is 4.90 Å². The van der Waals surface area contributed by atoms with Crippen molar-refractivity contribution in [1.29, 1.82) is 0 Å². The van der Waals surface area contributed by atoms with Crippen LogP contribution >= 0.6 is 0 Å². The first-order valence-corrected chi connectivity index (χ1v) is 8.39. The molecule has 0 bridgehead atoms. The topological polar surface area (TPSA) is 9.72 Å². The van der Waals surface area contributed by atoms with E-state index in [2.05, 4.69) is 14.7 Å². The maximum absolute atomic E-state index is 12.8. The molecule has 0 unspecified atom stereocenters. The molecule has 2 aliphatic heterocycles. The molecule has 2 aliphatic rings. The van der Waals surface area contributed by atoms with Crippen molar-refractivity contribution in [2.24, 2.45) is 0 Å². The number of rotatable bonds is 4. The number of alkyl halides is 3. The zero-order chi connectivity index (χ0) is 16.3. The Balaban J connectivity index is 1.50. The summed E-state index contributed by atoms with van der Waals surface area (Å²) in [5, 5.41) is 0. The molecule has 1 aromatic carbocycles. The van der Waals surface area contributed by atoms with E-state index in [1.54, 1.807) is 6.07 Å². The summed E-state index contributed by atoms with van der Waals surface area (Å²) in [6, 6.07) is 5.67. The van der Waals surface area contributed by atoms with Crippen LogP contribution in [0.5, 0.6) is 0 Å². The Bertz CT molecular complexity index is 504. The first-order chi connectivity index (χ1) is 11.0. The SMILES string of the molecule is FC(F)(F)c1cccc(N2CCN(CCN3CCCC3)CC2)c1. The average molecular weight is 327 g/mol. The third kappa shape index (κ3) is 4.38. The number of hydrogen-bond donors (Lipinski definition) is 0. The molecule has 1 aromatic rings. The summed E-state index contributed by atoms with van der Waals surface area (Å²) in [5.41, 5.74) is 0.116. The normalized spacial score (nSPS) is 21.1. The van der Waals surface area contributed by atoms with Crippen molar-refractivity contribution in [2.45, 2.75) is 19.0 Å². The summed E-state index contributed by atoms with van der Waals surface area (Å²) in [6.45, 7) is 8.03. The highest BCUT2D eigenvalue weighted by Gasteiger charge is 2.31. The van der Waals surface area contributed by atoms with Gasteiger partial charge in [0.05, 0.1) is 5.56 Å². The molecule has 3 rings (SSSR count).